The minimum Gasteiger partial charge on any atom is -0.458 e. The Morgan fingerprint density at radius 3 is 2.27 bits per heavy atom. The first-order chi connectivity index (χ1) is 41.2. The number of unbranched alkanes of at least 4 members (excludes halogenated alkanes) is 2. The number of nitrogens with one attached hydrogen (secondary N) is 6. The van der Waals surface area contributed by atoms with Crippen molar-refractivity contribution in [3.05, 3.63) is 140 Å². The molecule has 450 valence electrons. The van der Waals surface area contributed by atoms with Gasteiger partial charge in [0.15, 0.2) is 5.60 Å². The van der Waals surface area contributed by atoms with Crippen molar-refractivity contribution in [2.24, 2.45) is 0 Å². The van der Waals surface area contributed by atoms with E-state index in [1.807, 2.05) is 0 Å². The van der Waals surface area contributed by atoms with Gasteiger partial charge in [-0.1, -0.05) is 55.8 Å². The predicted octanol–water partition coefficient (Wildman–Crippen LogP) is 2.79. The van der Waals surface area contributed by atoms with Crippen molar-refractivity contribution in [3.63, 3.8) is 0 Å². The Labute approximate surface area is 492 Å². The molecule has 0 spiro atoms. The van der Waals surface area contributed by atoms with E-state index in [1.54, 1.807) is 74.5 Å². The van der Waals surface area contributed by atoms with E-state index in [2.05, 4.69) is 31.9 Å². The maximum Gasteiger partial charge on any atom is 0.409 e. The van der Waals surface area contributed by atoms with E-state index in [1.165, 1.54) is 34.7 Å². The van der Waals surface area contributed by atoms with Crippen LogP contribution < -0.4 is 37.5 Å². The van der Waals surface area contributed by atoms with Crippen LogP contribution in [0.2, 0.25) is 0 Å². The van der Waals surface area contributed by atoms with E-state index in [4.69, 9.17) is 14.5 Å². The van der Waals surface area contributed by atoms with Gasteiger partial charge in [-0.2, -0.15) is 0 Å². The van der Waals surface area contributed by atoms with Gasteiger partial charge in [0.1, 0.15) is 25.1 Å². The predicted molar refractivity (Wildman–Crippen MR) is 306 cm³/mol. The summed E-state index contributed by atoms with van der Waals surface area (Å²) in [7, 11) is 1.48. The number of aryl methyl sites for hydroxylation is 1. The van der Waals surface area contributed by atoms with E-state index in [9.17, 15) is 57.8 Å². The summed E-state index contributed by atoms with van der Waals surface area (Å²) in [5, 5.41) is 27.9. The fourth-order valence-corrected chi connectivity index (χ4v) is 11.0. The number of benzene rings is 3. The Bertz CT molecular complexity index is 3650. The molecule has 0 saturated carbocycles. The maximum absolute atomic E-state index is 15.4. The molecule has 0 bridgehead atoms. The van der Waals surface area contributed by atoms with Gasteiger partial charge < -0.3 is 55.9 Å². The smallest absolute Gasteiger partial charge is 0.409 e. The Kier molecular flexibility index (Phi) is 18.8. The number of aromatic nitrogens is 2. The van der Waals surface area contributed by atoms with Gasteiger partial charge in [0, 0.05) is 79.8 Å². The van der Waals surface area contributed by atoms with Gasteiger partial charge in [0.2, 0.25) is 35.4 Å². The summed E-state index contributed by atoms with van der Waals surface area (Å²) in [6, 6.07) is 16.4. The van der Waals surface area contributed by atoms with E-state index in [0.29, 0.717) is 87.9 Å². The molecule has 0 unspecified atom stereocenters. The minimum absolute atomic E-state index is 0.0167. The van der Waals surface area contributed by atoms with Crippen molar-refractivity contribution in [2.75, 3.05) is 45.1 Å². The lowest BCUT2D eigenvalue weighted by molar-refractivity contribution is -0.172. The molecule has 3 aliphatic heterocycles. The van der Waals surface area contributed by atoms with Gasteiger partial charge in [0.25, 0.3) is 17.4 Å². The van der Waals surface area contributed by atoms with Crippen molar-refractivity contribution in [3.8, 4) is 11.4 Å². The third kappa shape index (κ3) is 13.6. The Morgan fingerprint density at radius 1 is 0.826 bits per heavy atom. The highest BCUT2D eigenvalue weighted by Crippen LogP contribution is 2.46. The average Bonchev–Trinajstić information content (AvgIpc) is 1.46. The first-order valence-electron chi connectivity index (χ1n) is 28.3. The molecule has 5 aromatic rings. The van der Waals surface area contributed by atoms with E-state index in [-0.39, 0.29) is 87.4 Å². The van der Waals surface area contributed by atoms with Crippen LogP contribution in [-0.2, 0) is 90.8 Å². The van der Waals surface area contributed by atoms with Crippen molar-refractivity contribution >= 4 is 75.9 Å². The van der Waals surface area contributed by atoms with E-state index < -0.39 is 90.3 Å². The van der Waals surface area contributed by atoms with Crippen molar-refractivity contribution in [1.29, 1.82) is 0 Å². The van der Waals surface area contributed by atoms with Crippen LogP contribution in [0.15, 0.2) is 83.7 Å². The zero-order valence-corrected chi connectivity index (χ0v) is 47.6. The quantitative estimate of drug-likeness (QED) is 0.0260. The molecule has 86 heavy (non-hydrogen) atoms. The fourth-order valence-electron chi connectivity index (χ4n) is 11.0. The topological polar surface area (TPSA) is 323 Å². The van der Waals surface area contributed by atoms with Crippen molar-refractivity contribution in [2.45, 2.75) is 109 Å². The number of pyridine rings is 2. The highest BCUT2D eigenvalue weighted by molar-refractivity contribution is 6.12. The average molecular weight is 1180 g/mol. The lowest BCUT2D eigenvalue weighted by Crippen LogP contribution is -2.52. The molecule has 4 aliphatic rings. The SMILES string of the molecule is CC[C@@]1(O)C(=O)OCc2c1cc1n(c2=O)Cc2c-1nc1cc(F)c(C)c3c1c2[C@@H](NC(=O)CCN(C)C(=O)OCc1ccc(NC(=O)CNC(=O)[C@H](Cc2ccccc2)NC(=O)CNC(=O)CNC(=O)CCCCCN2C(=O)C=CC2=O)cc1)CC3. The standard InChI is InChI=1S/C61H65FN10O14/c1-4-61(84)41-26-46-56-39(31-72(46)58(81)40(41)33-85-59(61)82)55-43(19-18-38-34(2)42(62)27-44(69-56)54(38)55)67-48(74)22-24-70(3)60(83)86-32-36-14-16-37(17-15-36)66-50(76)30-65-57(80)45(25-35-11-7-5-8-12-35)68-51(77)29-64-49(75)28-63-47(73)13-9-6-10-23-71-52(78)20-21-53(71)79/h5,7-8,11-12,14-17,20-21,26-27,43,45,84H,4,6,9-10,13,18-19,22-25,28-33H2,1-3H3,(H,63,73)(H,64,75)(H,65,80)(H,66,76)(H,67,74)(H,68,77)/t43-,45-,61-/m0/s1. The van der Waals surface area contributed by atoms with Crippen molar-refractivity contribution < 1.29 is 66.9 Å². The van der Waals surface area contributed by atoms with Gasteiger partial charge >= 0.3 is 12.1 Å². The van der Waals surface area contributed by atoms with Crippen LogP contribution in [0.25, 0.3) is 22.3 Å². The van der Waals surface area contributed by atoms with Crippen LogP contribution in [0.1, 0.15) is 102 Å². The van der Waals surface area contributed by atoms with Gasteiger partial charge in [-0.25, -0.2) is 19.0 Å². The molecule has 1 aliphatic carbocycles. The molecule has 25 heteroatoms. The molecule has 5 heterocycles. The molecule has 3 aromatic carbocycles. The van der Waals surface area contributed by atoms with Gasteiger partial charge in [-0.3, -0.25) is 48.1 Å². The molecule has 0 saturated heterocycles. The van der Waals surface area contributed by atoms with E-state index >= 15 is 4.39 Å². The summed E-state index contributed by atoms with van der Waals surface area (Å²) < 4.78 is 27.7. The first-order valence-corrected chi connectivity index (χ1v) is 28.3. The highest BCUT2D eigenvalue weighted by Gasteiger charge is 2.46. The number of hydrogen-bond acceptors (Lipinski definition) is 15. The monoisotopic (exact) mass is 1180 g/mol. The fraction of sp³-hybridized carbons (Fsp3) is 0.377. The van der Waals surface area contributed by atoms with Crippen LogP contribution >= 0.6 is 0 Å². The van der Waals surface area contributed by atoms with Crippen LogP contribution in [-0.4, -0.2) is 130 Å². The third-order valence-electron chi connectivity index (χ3n) is 15.7. The first kappa shape index (κ1) is 60.9. The van der Waals surface area contributed by atoms with Gasteiger partial charge in [0.05, 0.1) is 54.7 Å². The number of ether oxygens (including phenoxy) is 2. The number of carbonyl (C=O) groups is 10. The van der Waals surface area contributed by atoms with Gasteiger partial charge in [-0.15, -0.1) is 0 Å². The number of nitrogens with zero attached hydrogens (tertiary/aromatic N) is 4. The molecular weight excluding hydrogens is 1120 g/mol. The summed E-state index contributed by atoms with van der Waals surface area (Å²) in [6.07, 6.45) is 4.11. The maximum atomic E-state index is 15.4. The summed E-state index contributed by atoms with van der Waals surface area (Å²) in [6.45, 7) is 1.77. The number of hydrogen-bond donors (Lipinski definition) is 7. The number of imide groups is 1. The molecule has 0 fully saturated rings. The molecule has 9 rings (SSSR count). The number of aliphatic hydroxyl groups is 1. The lowest BCUT2D eigenvalue weighted by atomic mass is 9.81. The Balaban J connectivity index is 0.713. The second kappa shape index (κ2) is 26.5. The zero-order chi connectivity index (χ0) is 61.4. The zero-order valence-electron chi connectivity index (χ0n) is 47.6. The highest BCUT2D eigenvalue weighted by atomic mass is 19.1. The molecule has 2 aromatic heterocycles. The second-order valence-electron chi connectivity index (χ2n) is 21.5. The number of halogens is 1. The molecule has 9 amide bonds. The number of carbonyl (C=O) groups excluding carboxylic acids is 10. The van der Waals surface area contributed by atoms with Crippen molar-refractivity contribution in [1.82, 2.24) is 45.9 Å². The summed E-state index contributed by atoms with van der Waals surface area (Å²) >= 11 is 0. The van der Waals surface area contributed by atoms with Crippen LogP contribution in [0.4, 0.5) is 14.9 Å². The minimum atomic E-state index is -2.05. The number of esters is 1. The van der Waals surface area contributed by atoms with Gasteiger partial charge in [-0.05, 0) is 85.0 Å². The molecule has 3 atom stereocenters. The summed E-state index contributed by atoms with van der Waals surface area (Å²) in [4.78, 5) is 148. The number of amides is 9. The largest absolute Gasteiger partial charge is 0.458 e. The number of fused-ring (bicyclic) bond motifs is 5. The molecule has 24 nitrogen and oxygen atoms in total. The second-order valence-corrected chi connectivity index (χ2v) is 21.5. The number of rotatable bonds is 24. The Morgan fingerprint density at radius 2 is 1.53 bits per heavy atom. The number of anilines is 1. The van der Waals surface area contributed by atoms with E-state index in [0.717, 1.165) is 10.5 Å². The molecule has 7 N–H and O–H groups in total. The molecule has 0 radical (unpaired) electrons. The third-order valence-corrected chi connectivity index (χ3v) is 15.7. The summed E-state index contributed by atoms with van der Waals surface area (Å²) in [5.74, 6) is -5.44. The lowest BCUT2D eigenvalue weighted by Gasteiger charge is -2.31. The van der Waals surface area contributed by atoms with Crippen LogP contribution in [0, 0.1) is 12.7 Å². The molecular formula is C61H65FN10O14. The van der Waals surface area contributed by atoms with Crippen LogP contribution in [0.3, 0.4) is 0 Å². The number of cyclic esters (lactones) is 1. The normalized spacial score (nSPS) is 16.5. The Hall–Kier alpha value is -9.65. The summed E-state index contributed by atoms with van der Waals surface area (Å²) in [5.41, 5.74) is 3.02. The van der Waals surface area contributed by atoms with Crippen LogP contribution in [0.5, 0.6) is 0 Å².